The second-order valence-corrected chi connectivity index (χ2v) is 9.29. The van der Waals surface area contributed by atoms with Crippen molar-refractivity contribution in [3.8, 4) is 0 Å². The van der Waals surface area contributed by atoms with E-state index in [1.165, 1.54) is 38.3 Å². The second kappa shape index (κ2) is 5.11. The lowest BCUT2D eigenvalue weighted by Crippen LogP contribution is -2.10. The standard InChI is InChI=1S/C24H27N/c1-23(2,3)18-8-10-20-17(14-18)15-25-21-12-9-19(24(4,5)6)13-16(21)7-11-22(20)25/h7-15H,1-6H3. The first-order valence-electron chi connectivity index (χ1n) is 9.13. The van der Waals surface area contributed by atoms with E-state index in [-0.39, 0.29) is 10.8 Å². The molecule has 2 aromatic carbocycles. The summed E-state index contributed by atoms with van der Waals surface area (Å²) in [6.45, 7) is 13.6. The molecule has 0 saturated heterocycles. The van der Waals surface area contributed by atoms with Crippen LogP contribution in [0.3, 0.4) is 0 Å². The van der Waals surface area contributed by atoms with E-state index in [4.69, 9.17) is 0 Å². The summed E-state index contributed by atoms with van der Waals surface area (Å²) in [5.41, 5.74) is 5.67. The molecule has 128 valence electrons. The number of rotatable bonds is 0. The highest BCUT2D eigenvalue weighted by Crippen LogP contribution is 2.32. The van der Waals surface area contributed by atoms with Crippen molar-refractivity contribution in [2.45, 2.75) is 52.4 Å². The first kappa shape index (κ1) is 16.2. The molecule has 2 aromatic heterocycles. The molecular weight excluding hydrogens is 302 g/mol. The molecule has 1 nitrogen and oxygen atoms in total. The Morgan fingerprint density at radius 2 is 1.16 bits per heavy atom. The SMILES string of the molecule is CC(C)(C)c1ccc2c(c1)cn1c3ccc(C(C)(C)C)cc3ccc21. The third-order valence-corrected chi connectivity index (χ3v) is 5.30. The molecule has 0 aliphatic heterocycles. The predicted octanol–water partition coefficient (Wildman–Crippen LogP) is 6.84. The van der Waals surface area contributed by atoms with Crippen molar-refractivity contribution in [2.75, 3.05) is 0 Å². The monoisotopic (exact) mass is 329 g/mol. The van der Waals surface area contributed by atoms with Crippen molar-refractivity contribution in [3.05, 3.63) is 65.9 Å². The molecule has 0 spiro atoms. The van der Waals surface area contributed by atoms with Gasteiger partial charge in [-0.3, -0.25) is 0 Å². The van der Waals surface area contributed by atoms with E-state index in [1.54, 1.807) is 0 Å². The van der Waals surface area contributed by atoms with E-state index in [2.05, 4.69) is 101 Å². The van der Waals surface area contributed by atoms with Crippen LogP contribution >= 0.6 is 0 Å². The van der Waals surface area contributed by atoms with Crippen molar-refractivity contribution in [2.24, 2.45) is 0 Å². The van der Waals surface area contributed by atoms with E-state index in [1.807, 2.05) is 0 Å². The van der Waals surface area contributed by atoms with Crippen molar-refractivity contribution < 1.29 is 0 Å². The average molecular weight is 329 g/mol. The van der Waals surface area contributed by atoms with E-state index in [0.29, 0.717) is 0 Å². The van der Waals surface area contributed by atoms with Gasteiger partial charge in [0.25, 0.3) is 0 Å². The number of benzene rings is 2. The van der Waals surface area contributed by atoms with E-state index in [0.717, 1.165) is 0 Å². The largest absolute Gasteiger partial charge is 0.315 e. The molecule has 0 saturated carbocycles. The maximum absolute atomic E-state index is 2.35. The molecule has 4 aromatic rings. The molecule has 0 amide bonds. The van der Waals surface area contributed by atoms with E-state index >= 15 is 0 Å². The first-order valence-corrected chi connectivity index (χ1v) is 9.13. The van der Waals surface area contributed by atoms with Crippen LogP contribution in [0.2, 0.25) is 0 Å². The van der Waals surface area contributed by atoms with Crippen molar-refractivity contribution in [1.29, 1.82) is 0 Å². The summed E-state index contributed by atoms with van der Waals surface area (Å²) in [4.78, 5) is 0. The molecule has 0 fully saturated rings. The Morgan fingerprint density at radius 3 is 1.80 bits per heavy atom. The molecule has 0 N–H and O–H groups in total. The summed E-state index contributed by atoms with van der Waals surface area (Å²) in [5, 5.41) is 3.95. The topological polar surface area (TPSA) is 4.41 Å². The fourth-order valence-electron chi connectivity index (χ4n) is 3.62. The van der Waals surface area contributed by atoms with E-state index < -0.39 is 0 Å². The Bertz CT molecular complexity index is 1100. The van der Waals surface area contributed by atoms with Crippen LogP contribution < -0.4 is 0 Å². The number of hydrogen-bond acceptors (Lipinski definition) is 0. The van der Waals surface area contributed by atoms with Gasteiger partial charge in [0.2, 0.25) is 0 Å². The minimum absolute atomic E-state index is 0.173. The summed E-state index contributed by atoms with van der Waals surface area (Å²) >= 11 is 0. The molecule has 25 heavy (non-hydrogen) atoms. The minimum Gasteiger partial charge on any atom is -0.315 e. The Morgan fingerprint density at radius 1 is 0.600 bits per heavy atom. The Kier molecular flexibility index (Phi) is 3.31. The summed E-state index contributed by atoms with van der Waals surface area (Å²) in [6.07, 6.45) is 2.29. The maximum Gasteiger partial charge on any atom is 0.0535 e. The van der Waals surface area contributed by atoms with Gasteiger partial charge in [-0.1, -0.05) is 65.8 Å². The minimum atomic E-state index is 0.173. The van der Waals surface area contributed by atoms with Crippen LogP contribution in [0.4, 0.5) is 0 Å². The highest BCUT2D eigenvalue weighted by atomic mass is 14.9. The molecule has 0 aliphatic carbocycles. The van der Waals surface area contributed by atoms with Crippen molar-refractivity contribution in [3.63, 3.8) is 0 Å². The fraction of sp³-hybridized carbons (Fsp3) is 0.333. The van der Waals surface area contributed by atoms with Crippen LogP contribution in [0, 0.1) is 0 Å². The van der Waals surface area contributed by atoms with Gasteiger partial charge in [0.05, 0.1) is 11.0 Å². The van der Waals surface area contributed by atoms with Crippen LogP contribution in [-0.2, 0) is 10.8 Å². The summed E-state index contributed by atoms with van der Waals surface area (Å²) < 4.78 is 2.35. The lowest BCUT2D eigenvalue weighted by molar-refractivity contribution is 0.591. The number of pyridine rings is 1. The molecule has 4 rings (SSSR count). The number of fused-ring (bicyclic) bond motifs is 5. The predicted molar refractivity (Wildman–Crippen MR) is 110 cm³/mol. The quantitative estimate of drug-likeness (QED) is 0.332. The Labute approximate surface area is 150 Å². The highest BCUT2D eigenvalue weighted by Gasteiger charge is 2.17. The van der Waals surface area contributed by atoms with Gasteiger partial charge in [0.15, 0.2) is 0 Å². The third-order valence-electron chi connectivity index (χ3n) is 5.30. The summed E-state index contributed by atoms with van der Waals surface area (Å²) in [6, 6.07) is 18.3. The van der Waals surface area contributed by atoms with Gasteiger partial charge >= 0.3 is 0 Å². The molecule has 1 heteroatoms. The van der Waals surface area contributed by atoms with Crippen molar-refractivity contribution in [1.82, 2.24) is 4.40 Å². The second-order valence-electron chi connectivity index (χ2n) is 9.29. The van der Waals surface area contributed by atoms with Gasteiger partial charge in [-0.25, -0.2) is 0 Å². The van der Waals surface area contributed by atoms with Crippen LogP contribution in [0.25, 0.3) is 27.2 Å². The van der Waals surface area contributed by atoms with Gasteiger partial charge in [0.1, 0.15) is 0 Å². The van der Waals surface area contributed by atoms with Crippen LogP contribution in [0.15, 0.2) is 54.7 Å². The molecule has 0 atom stereocenters. The van der Waals surface area contributed by atoms with Crippen LogP contribution in [0.5, 0.6) is 0 Å². The van der Waals surface area contributed by atoms with Crippen molar-refractivity contribution >= 4 is 27.2 Å². The van der Waals surface area contributed by atoms with Gasteiger partial charge in [0, 0.05) is 17.0 Å². The fourth-order valence-corrected chi connectivity index (χ4v) is 3.62. The van der Waals surface area contributed by atoms with Gasteiger partial charge < -0.3 is 4.40 Å². The molecular formula is C24H27N. The third kappa shape index (κ3) is 2.63. The average Bonchev–Trinajstić information content (AvgIpc) is 2.90. The smallest absolute Gasteiger partial charge is 0.0535 e. The lowest BCUT2D eigenvalue weighted by atomic mass is 9.86. The van der Waals surface area contributed by atoms with E-state index in [9.17, 15) is 0 Å². The zero-order valence-electron chi connectivity index (χ0n) is 16.1. The Hall–Kier alpha value is -2.28. The lowest BCUT2D eigenvalue weighted by Gasteiger charge is -2.19. The zero-order valence-corrected chi connectivity index (χ0v) is 16.1. The number of aromatic nitrogens is 1. The van der Waals surface area contributed by atoms with Gasteiger partial charge in [-0.15, -0.1) is 0 Å². The molecule has 2 heterocycles. The zero-order chi connectivity index (χ0) is 18.0. The highest BCUT2D eigenvalue weighted by molar-refractivity contribution is 6.01. The summed E-state index contributed by atoms with van der Waals surface area (Å²) in [5.74, 6) is 0. The number of nitrogens with zero attached hydrogens (tertiary/aromatic N) is 1. The maximum atomic E-state index is 2.35. The molecule has 0 unspecified atom stereocenters. The molecule has 0 aliphatic rings. The van der Waals surface area contributed by atoms with Crippen LogP contribution in [-0.4, -0.2) is 4.40 Å². The normalized spacial score (nSPS) is 13.2. The number of hydrogen-bond donors (Lipinski definition) is 0. The first-order chi connectivity index (χ1) is 11.6. The Balaban J connectivity index is 2.01. The van der Waals surface area contributed by atoms with Gasteiger partial charge in [-0.2, -0.15) is 0 Å². The summed E-state index contributed by atoms with van der Waals surface area (Å²) in [7, 11) is 0. The molecule has 0 bridgehead atoms. The van der Waals surface area contributed by atoms with Gasteiger partial charge in [-0.05, 0) is 51.6 Å². The van der Waals surface area contributed by atoms with Crippen LogP contribution in [0.1, 0.15) is 52.7 Å². The molecule has 0 radical (unpaired) electrons.